The Morgan fingerprint density at radius 1 is 1.10 bits per heavy atom. The second kappa shape index (κ2) is 7.11. The molecule has 2 aromatic carbocycles. The third-order valence-corrected chi connectivity index (χ3v) is 6.22. The molecule has 1 aliphatic carbocycles. The summed E-state index contributed by atoms with van der Waals surface area (Å²) < 4.78 is 2.37. The van der Waals surface area contributed by atoms with Crippen LogP contribution in [0, 0.1) is 25.2 Å². The molecule has 5 rings (SSSR count). The molecule has 148 valence electrons. The minimum atomic E-state index is 0.258. The fourth-order valence-corrected chi connectivity index (χ4v) is 4.86. The predicted octanol–water partition coefficient (Wildman–Crippen LogP) is 5.68. The maximum Gasteiger partial charge on any atom is 0.161 e. The Bertz CT molecular complexity index is 1320. The molecule has 0 bridgehead atoms. The molecule has 4 aromatic rings. The van der Waals surface area contributed by atoms with Crippen molar-refractivity contribution in [1.82, 2.24) is 14.5 Å². The lowest BCUT2D eigenvalue weighted by Crippen LogP contribution is -2.11. The molecule has 2 heterocycles. The number of benzene rings is 2. The number of nitriles is 1. The van der Waals surface area contributed by atoms with E-state index in [2.05, 4.69) is 55.7 Å². The second-order valence-electron chi connectivity index (χ2n) is 8.13. The van der Waals surface area contributed by atoms with E-state index in [1.807, 2.05) is 24.3 Å². The van der Waals surface area contributed by atoms with Crippen molar-refractivity contribution in [2.24, 2.45) is 0 Å². The highest BCUT2D eigenvalue weighted by Crippen LogP contribution is 2.39. The van der Waals surface area contributed by atoms with Crippen LogP contribution in [0.15, 0.2) is 48.5 Å². The zero-order valence-electron chi connectivity index (χ0n) is 17.6. The number of hydrogen-bond donors (Lipinski definition) is 0. The number of hydrogen-bond acceptors (Lipinski definition) is 3. The van der Waals surface area contributed by atoms with Gasteiger partial charge in [0.15, 0.2) is 5.65 Å². The molecule has 1 unspecified atom stereocenters. The molecule has 2 aromatic heterocycles. The summed E-state index contributed by atoms with van der Waals surface area (Å²) in [7, 11) is 0. The third-order valence-electron chi connectivity index (χ3n) is 6.22. The van der Waals surface area contributed by atoms with Crippen molar-refractivity contribution in [3.63, 3.8) is 0 Å². The first-order chi connectivity index (χ1) is 14.6. The van der Waals surface area contributed by atoms with E-state index in [0.29, 0.717) is 0 Å². The van der Waals surface area contributed by atoms with E-state index in [1.54, 1.807) is 0 Å². The van der Waals surface area contributed by atoms with Gasteiger partial charge in [0.2, 0.25) is 0 Å². The van der Waals surface area contributed by atoms with Gasteiger partial charge in [-0.2, -0.15) is 5.26 Å². The van der Waals surface area contributed by atoms with E-state index in [-0.39, 0.29) is 6.04 Å². The Kier molecular flexibility index (Phi) is 4.40. The summed E-state index contributed by atoms with van der Waals surface area (Å²) in [5, 5.41) is 9.48. The van der Waals surface area contributed by atoms with Crippen LogP contribution in [0.3, 0.4) is 0 Å². The van der Waals surface area contributed by atoms with Gasteiger partial charge in [0.1, 0.15) is 11.3 Å². The van der Waals surface area contributed by atoms with Crippen molar-refractivity contribution in [3.05, 3.63) is 82.3 Å². The van der Waals surface area contributed by atoms with Crippen LogP contribution in [0.4, 0.5) is 0 Å². The van der Waals surface area contributed by atoms with Gasteiger partial charge in [0, 0.05) is 12.1 Å². The van der Waals surface area contributed by atoms with Crippen molar-refractivity contribution in [3.8, 4) is 17.2 Å². The first-order valence-corrected chi connectivity index (χ1v) is 10.6. The molecule has 0 amide bonds. The Hall–Kier alpha value is -3.45. The summed E-state index contributed by atoms with van der Waals surface area (Å²) in [5.74, 6) is 1.10. The number of aryl methyl sites for hydroxylation is 4. The number of nitrogens with zero attached hydrogens (tertiary/aromatic N) is 4. The van der Waals surface area contributed by atoms with Gasteiger partial charge in [-0.25, -0.2) is 9.97 Å². The molecule has 0 saturated carbocycles. The lowest BCUT2D eigenvalue weighted by atomic mass is 9.96. The van der Waals surface area contributed by atoms with Gasteiger partial charge in [-0.1, -0.05) is 43.3 Å². The first-order valence-electron chi connectivity index (χ1n) is 10.6. The van der Waals surface area contributed by atoms with Crippen LogP contribution in [0.1, 0.15) is 53.2 Å². The molecule has 0 saturated heterocycles. The molecule has 0 radical (unpaired) electrons. The number of rotatable bonds is 3. The minimum absolute atomic E-state index is 0.258. The Labute approximate surface area is 176 Å². The normalized spacial score (nSPS) is 15.3. The van der Waals surface area contributed by atoms with E-state index in [0.717, 1.165) is 58.6 Å². The first kappa shape index (κ1) is 18.6. The van der Waals surface area contributed by atoms with Crippen LogP contribution >= 0.6 is 0 Å². The molecule has 0 fully saturated rings. The zero-order valence-corrected chi connectivity index (χ0v) is 17.6. The van der Waals surface area contributed by atoms with Gasteiger partial charge in [-0.3, -0.25) is 0 Å². The number of aromatic nitrogens is 3. The molecule has 0 aliphatic heterocycles. The van der Waals surface area contributed by atoms with Crippen LogP contribution in [-0.2, 0) is 12.8 Å². The highest BCUT2D eigenvalue weighted by Gasteiger charge is 2.28. The fourth-order valence-electron chi connectivity index (χ4n) is 4.86. The largest absolute Gasteiger partial charge is 0.305 e. The summed E-state index contributed by atoms with van der Waals surface area (Å²) in [6.07, 6.45) is 2.95. The van der Waals surface area contributed by atoms with Crippen molar-refractivity contribution >= 4 is 11.2 Å². The monoisotopic (exact) mass is 392 g/mol. The Morgan fingerprint density at radius 3 is 2.73 bits per heavy atom. The van der Waals surface area contributed by atoms with Crippen LogP contribution in [0.25, 0.3) is 22.3 Å². The van der Waals surface area contributed by atoms with E-state index in [4.69, 9.17) is 9.97 Å². The molecule has 1 aliphatic rings. The van der Waals surface area contributed by atoms with E-state index < -0.39 is 0 Å². The zero-order chi connectivity index (χ0) is 20.8. The maximum absolute atomic E-state index is 9.48. The number of fused-ring (bicyclic) bond motifs is 2. The smallest absolute Gasteiger partial charge is 0.161 e. The van der Waals surface area contributed by atoms with E-state index in [9.17, 15) is 5.26 Å². The van der Waals surface area contributed by atoms with E-state index in [1.165, 1.54) is 16.7 Å². The van der Waals surface area contributed by atoms with Crippen molar-refractivity contribution in [2.45, 2.75) is 46.1 Å². The molecular weight excluding hydrogens is 368 g/mol. The van der Waals surface area contributed by atoms with Crippen molar-refractivity contribution < 1.29 is 0 Å². The standard InChI is InChI=1S/C26H24N4/c1-4-24-29-25-16(2)13-17(3)28-26(25)30(24)23-12-10-19-14-18(9-11-22(19)23)21-8-6-5-7-20(21)15-27/h5-9,11,13-14,23H,4,10,12H2,1-3H3. The van der Waals surface area contributed by atoms with Gasteiger partial charge in [0.05, 0.1) is 17.7 Å². The highest BCUT2D eigenvalue weighted by molar-refractivity contribution is 5.77. The molecule has 4 heteroatoms. The predicted molar refractivity (Wildman–Crippen MR) is 119 cm³/mol. The summed E-state index contributed by atoms with van der Waals surface area (Å²) in [5.41, 5.74) is 9.78. The van der Waals surface area contributed by atoms with E-state index >= 15 is 0 Å². The highest BCUT2D eigenvalue weighted by atomic mass is 15.2. The molecule has 0 spiro atoms. The summed E-state index contributed by atoms with van der Waals surface area (Å²) in [6, 6.07) is 19.2. The fraction of sp³-hybridized carbons (Fsp3) is 0.269. The number of pyridine rings is 1. The van der Waals surface area contributed by atoms with Crippen LogP contribution in [0.5, 0.6) is 0 Å². The molecule has 0 N–H and O–H groups in total. The lowest BCUT2D eigenvalue weighted by Gasteiger charge is -2.18. The van der Waals surface area contributed by atoms with Crippen LogP contribution in [0.2, 0.25) is 0 Å². The Morgan fingerprint density at radius 2 is 1.93 bits per heavy atom. The molecule has 30 heavy (non-hydrogen) atoms. The van der Waals surface area contributed by atoms with Gasteiger partial charge < -0.3 is 4.57 Å². The van der Waals surface area contributed by atoms with Gasteiger partial charge in [0.25, 0.3) is 0 Å². The SMILES string of the molecule is CCc1nc2c(C)cc(C)nc2n1C1CCc2cc(-c3ccccc3C#N)ccc21. The van der Waals surface area contributed by atoms with Gasteiger partial charge in [-0.05, 0) is 66.6 Å². The lowest BCUT2D eigenvalue weighted by molar-refractivity contribution is 0.566. The number of imidazole rings is 1. The van der Waals surface area contributed by atoms with Crippen LogP contribution in [-0.4, -0.2) is 14.5 Å². The quantitative estimate of drug-likeness (QED) is 0.450. The van der Waals surface area contributed by atoms with Crippen molar-refractivity contribution in [1.29, 1.82) is 5.26 Å². The van der Waals surface area contributed by atoms with Crippen molar-refractivity contribution in [2.75, 3.05) is 0 Å². The molecule has 1 atom stereocenters. The van der Waals surface area contributed by atoms with Crippen LogP contribution < -0.4 is 0 Å². The summed E-state index contributed by atoms with van der Waals surface area (Å²) in [6.45, 7) is 6.34. The van der Waals surface area contributed by atoms with Gasteiger partial charge in [-0.15, -0.1) is 0 Å². The summed E-state index contributed by atoms with van der Waals surface area (Å²) >= 11 is 0. The third kappa shape index (κ3) is 2.81. The molecule has 4 nitrogen and oxygen atoms in total. The summed E-state index contributed by atoms with van der Waals surface area (Å²) in [4.78, 5) is 9.82. The topological polar surface area (TPSA) is 54.5 Å². The van der Waals surface area contributed by atoms with Gasteiger partial charge >= 0.3 is 0 Å². The average molecular weight is 393 g/mol. The minimum Gasteiger partial charge on any atom is -0.305 e. The average Bonchev–Trinajstić information content (AvgIpc) is 3.34. The molecular formula is C26H24N4. The second-order valence-corrected chi connectivity index (χ2v) is 8.13. The maximum atomic E-state index is 9.48. The Balaban J connectivity index is 1.64.